The molecule has 0 aromatic carbocycles. The first kappa shape index (κ1) is 21.0. The fourth-order valence-electron chi connectivity index (χ4n) is 3.31. The van der Waals surface area contributed by atoms with Crippen molar-refractivity contribution in [3.05, 3.63) is 41.9 Å². The summed E-state index contributed by atoms with van der Waals surface area (Å²) in [5.74, 6) is 0.817. The van der Waals surface area contributed by atoms with E-state index in [1.807, 2.05) is 12.1 Å². The number of aromatic nitrogens is 3. The number of amides is 1. The minimum atomic E-state index is -0.230. The number of aliphatic hydroxyl groups is 1. The van der Waals surface area contributed by atoms with Crippen molar-refractivity contribution in [3.63, 3.8) is 0 Å². The molecule has 3 rings (SSSR count). The van der Waals surface area contributed by atoms with Crippen molar-refractivity contribution in [1.82, 2.24) is 20.3 Å². The maximum Gasteiger partial charge on any atom is 0.256 e. The van der Waals surface area contributed by atoms with E-state index >= 15 is 0 Å². The number of anilines is 2. The molecule has 0 atom stereocenters. The molecule has 1 aliphatic rings. The van der Waals surface area contributed by atoms with Crippen molar-refractivity contribution in [2.24, 2.45) is 0 Å². The number of rotatable bonds is 9. The SMILES string of the molecule is CCCCNc1ncc(C(=O)NCc2cccnc2)c(N[C@H]2CC[C@H](O)CC2)n1. The number of nitrogens with one attached hydrogen (secondary N) is 3. The van der Waals surface area contributed by atoms with Gasteiger partial charge in [0.25, 0.3) is 5.91 Å². The third-order valence-electron chi connectivity index (χ3n) is 5.06. The normalized spacial score (nSPS) is 18.8. The summed E-state index contributed by atoms with van der Waals surface area (Å²) in [6.45, 7) is 3.30. The summed E-state index contributed by atoms with van der Waals surface area (Å²) in [4.78, 5) is 25.7. The Hall–Kier alpha value is -2.74. The molecular formula is C21H30N6O2. The van der Waals surface area contributed by atoms with E-state index in [0.29, 0.717) is 23.9 Å². The number of carbonyl (C=O) groups excluding carboxylic acids is 1. The lowest BCUT2D eigenvalue weighted by molar-refractivity contribution is 0.0950. The lowest BCUT2D eigenvalue weighted by atomic mass is 9.93. The molecule has 0 bridgehead atoms. The van der Waals surface area contributed by atoms with Crippen LogP contribution in [0.15, 0.2) is 30.7 Å². The second kappa shape index (κ2) is 10.7. The predicted octanol–water partition coefficient (Wildman–Crippen LogP) is 2.73. The van der Waals surface area contributed by atoms with Gasteiger partial charge in [-0.05, 0) is 43.7 Å². The average Bonchev–Trinajstić information content (AvgIpc) is 2.75. The van der Waals surface area contributed by atoms with Gasteiger partial charge in [0.2, 0.25) is 5.95 Å². The zero-order valence-corrected chi connectivity index (χ0v) is 16.9. The first-order valence-corrected chi connectivity index (χ1v) is 10.4. The molecule has 0 spiro atoms. The van der Waals surface area contributed by atoms with Gasteiger partial charge < -0.3 is 21.1 Å². The van der Waals surface area contributed by atoms with Crippen LogP contribution in [0.25, 0.3) is 0 Å². The van der Waals surface area contributed by atoms with Crippen LogP contribution in [0.1, 0.15) is 61.4 Å². The molecule has 1 amide bonds. The maximum atomic E-state index is 12.8. The van der Waals surface area contributed by atoms with E-state index in [0.717, 1.165) is 50.6 Å². The van der Waals surface area contributed by atoms with E-state index in [-0.39, 0.29) is 18.1 Å². The second-order valence-corrected chi connectivity index (χ2v) is 7.43. The minimum Gasteiger partial charge on any atom is -0.393 e. The monoisotopic (exact) mass is 398 g/mol. The van der Waals surface area contributed by atoms with Crippen LogP contribution in [0.4, 0.5) is 11.8 Å². The highest BCUT2D eigenvalue weighted by molar-refractivity contribution is 5.98. The lowest BCUT2D eigenvalue weighted by Crippen LogP contribution is -2.31. The number of pyridine rings is 1. The zero-order chi connectivity index (χ0) is 20.5. The van der Waals surface area contributed by atoms with Crippen LogP contribution in [0.3, 0.4) is 0 Å². The third kappa shape index (κ3) is 6.39. The molecule has 1 saturated carbocycles. The highest BCUT2D eigenvalue weighted by atomic mass is 16.3. The molecule has 8 heteroatoms. The summed E-state index contributed by atoms with van der Waals surface area (Å²) in [6.07, 6.45) is 10.1. The Labute approximate surface area is 171 Å². The van der Waals surface area contributed by atoms with Crippen molar-refractivity contribution in [2.45, 2.75) is 64.1 Å². The molecule has 156 valence electrons. The number of carbonyl (C=O) groups is 1. The van der Waals surface area contributed by atoms with Gasteiger partial charge in [0, 0.05) is 37.7 Å². The van der Waals surface area contributed by atoms with Gasteiger partial charge in [-0.25, -0.2) is 4.98 Å². The molecule has 2 aromatic rings. The van der Waals surface area contributed by atoms with Crippen LogP contribution < -0.4 is 16.0 Å². The Morgan fingerprint density at radius 3 is 2.79 bits per heavy atom. The predicted molar refractivity (Wildman–Crippen MR) is 113 cm³/mol. The Balaban J connectivity index is 1.71. The summed E-state index contributed by atoms with van der Waals surface area (Å²) < 4.78 is 0. The van der Waals surface area contributed by atoms with Gasteiger partial charge in [0.15, 0.2) is 0 Å². The first-order chi connectivity index (χ1) is 14.2. The Morgan fingerprint density at radius 1 is 1.24 bits per heavy atom. The minimum absolute atomic E-state index is 0.182. The first-order valence-electron chi connectivity index (χ1n) is 10.4. The van der Waals surface area contributed by atoms with E-state index in [1.54, 1.807) is 18.6 Å². The smallest absolute Gasteiger partial charge is 0.256 e. The van der Waals surface area contributed by atoms with Gasteiger partial charge in [-0.2, -0.15) is 4.98 Å². The topological polar surface area (TPSA) is 112 Å². The van der Waals surface area contributed by atoms with Gasteiger partial charge in [-0.1, -0.05) is 19.4 Å². The number of unbranched alkanes of at least 4 members (excludes halogenated alkanes) is 1. The molecule has 0 aliphatic heterocycles. The zero-order valence-electron chi connectivity index (χ0n) is 16.9. The molecule has 4 N–H and O–H groups in total. The molecule has 29 heavy (non-hydrogen) atoms. The van der Waals surface area contributed by atoms with Gasteiger partial charge in [0.05, 0.1) is 6.10 Å². The quantitative estimate of drug-likeness (QED) is 0.481. The van der Waals surface area contributed by atoms with E-state index in [2.05, 4.69) is 37.8 Å². The van der Waals surface area contributed by atoms with Crippen molar-refractivity contribution < 1.29 is 9.90 Å². The maximum absolute atomic E-state index is 12.8. The molecule has 2 heterocycles. The summed E-state index contributed by atoms with van der Waals surface area (Å²) in [7, 11) is 0. The van der Waals surface area contributed by atoms with Crippen molar-refractivity contribution in [1.29, 1.82) is 0 Å². The Bertz CT molecular complexity index is 778. The van der Waals surface area contributed by atoms with Gasteiger partial charge in [0.1, 0.15) is 11.4 Å². The van der Waals surface area contributed by atoms with E-state index in [1.165, 1.54) is 0 Å². The summed E-state index contributed by atoms with van der Waals surface area (Å²) in [6, 6.07) is 3.93. The highest BCUT2D eigenvalue weighted by Gasteiger charge is 2.22. The Morgan fingerprint density at radius 2 is 2.07 bits per heavy atom. The van der Waals surface area contributed by atoms with Crippen molar-refractivity contribution in [2.75, 3.05) is 17.2 Å². The molecular weight excluding hydrogens is 368 g/mol. The number of hydrogen-bond acceptors (Lipinski definition) is 7. The van der Waals surface area contributed by atoms with Crippen molar-refractivity contribution in [3.8, 4) is 0 Å². The number of nitrogens with zero attached hydrogens (tertiary/aromatic N) is 3. The third-order valence-corrected chi connectivity index (χ3v) is 5.06. The van der Waals surface area contributed by atoms with Crippen LogP contribution in [-0.2, 0) is 6.54 Å². The van der Waals surface area contributed by atoms with Crippen LogP contribution in [0, 0.1) is 0 Å². The van der Waals surface area contributed by atoms with Gasteiger partial charge in [-0.15, -0.1) is 0 Å². The second-order valence-electron chi connectivity index (χ2n) is 7.43. The van der Waals surface area contributed by atoms with Crippen LogP contribution in [-0.4, -0.2) is 44.7 Å². The standard InChI is InChI=1S/C21H30N6O2/c1-2-3-11-23-21-25-14-18(20(29)24-13-15-5-4-10-22-12-15)19(27-21)26-16-6-8-17(28)9-7-16/h4-5,10,12,14,16-17,28H,2-3,6-9,11,13H2,1H3,(H,24,29)(H2,23,25,26,27)/t16-,17-. The van der Waals surface area contributed by atoms with Crippen LogP contribution in [0.5, 0.6) is 0 Å². The van der Waals surface area contributed by atoms with E-state index < -0.39 is 0 Å². The lowest BCUT2D eigenvalue weighted by Gasteiger charge is -2.27. The molecule has 1 fully saturated rings. The van der Waals surface area contributed by atoms with Gasteiger partial charge >= 0.3 is 0 Å². The van der Waals surface area contributed by atoms with Crippen LogP contribution >= 0.6 is 0 Å². The number of aliphatic hydroxyl groups excluding tert-OH is 1. The van der Waals surface area contributed by atoms with Crippen LogP contribution in [0.2, 0.25) is 0 Å². The summed E-state index contributed by atoms with van der Waals surface area (Å²) in [5, 5.41) is 19.3. The highest BCUT2D eigenvalue weighted by Crippen LogP contribution is 2.23. The largest absolute Gasteiger partial charge is 0.393 e. The summed E-state index contributed by atoms with van der Waals surface area (Å²) >= 11 is 0. The molecule has 0 unspecified atom stereocenters. The molecule has 8 nitrogen and oxygen atoms in total. The molecule has 1 aliphatic carbocycles. The Kier molecular flexibility index (Phi) is 7.75. The van der Waals surface area contributed by atoms with E-state index in [4.69, 9.17) is 0 Å². The molecule has 0 saturated heterocycles. The number of hydrogen-bond donors (Lipinski definition) is 4. The molecule has 2 aromatic heterocycles. The van der Waals surface area contributed by atoms with Crippen molar-refractivity contribution >= 4 is 17.7 Å². The summed E-state index contributed by atoms with van der Waals surface area (Å²) in [5.41, 5.74) is 1.34. The fraction of sp³-hybridized carbons (Fsp3) is 0.524. The van der Waals surface area contributed by atoms with E-state index in [9.17, 15) is 9.90 Å². The average molecular weight is 399 g/mol. The van der Waals surface area contributed by atoms with Gasteiger partial charge in [-0.3, -0.25) is 9.78 Å². The molecule has 0 radical (unpaired) electrons. The fourth-order valence-corrected chi connectivity index (χ4v) is 3.31.